The highest BCUT2D eigenvalue weighted by atomic mass is 35.5. The summed E-state index contributed by atoms with van der Waals surface area (Å²) in [5.74, 6) is -2.16. The summed E-state index contributed by atoms with van der Waals surface area (Å²) in [6, 6.07) is 10.6. The number of hydrogen-bond acceptors (Lipinski definition) is 6. The maximum Gasteiger partial charge on any atom is 0.343 e. The first kappa shape index (κ1) is 21.5. The van der Waals surface area contributed by atoms with Crippen LogP contribution in [0.2, 0.25) is 5.02 Å². The zero-order valence-electron chi connectivity index (χ0n) is 16.4. The third-order valence-electron chi connectivity index (χ3n) is 4.66. The number of rotatable bonds is 4. The van der Waals surface area contributed by atoms with Gasteiger partial charge in [-0.25, -0.2) is 18.9 Å². The molecule has 0 radical (unpaired) electrons. The highest BCUT2D eigenvalue weighted by molar-refractivity contribution is 7.11. The fraction of sp³-hybridized carbons (Fsp3) is 0.0455. The number of methoxy groups -OCH3 is 1. The van der Waals surface area contributed by atoms with Crippen molar-refractivity contribution in [3.63, 3.8) is 0 Å². The Bertz CT molecular complexity index is 1290. The van der Waals surface area contributed by atoms with Crippen LogP contribution in [0.5, 0.6) is 5.75 Å². The molecule has 2 aromatic carbocycles. The molecule has 4 rings (SSSR count). The molecule has 1 aliphatic heterocycles. The van der Waals surface area contributed by atoms with Crippen molar-refractivity contribution in [1.29, 1.82) is 0 Å². The lowest BCUT2D eigenvalue weighted by Crippen LogP contribution is -2.38. The van der Waals surface area contributed by atoms with Crippen LogP contribution in [0.1, 0.15) is 20.8 Å². The molecule has 7 nitrogen and oxygen atoms in total. The number of imide groups is 1. The number of primary amides is 1. The van der Waals surface area contributed by atoms with E-state index in [4.69, 9.17) is 26.8 Å². The third-order valence-corrected chi connectivity index (χ3v) is 5.82. The van der Waals surface area contributed by atoms with Crippen LogP contribution in [0.15, 0.2) is 53.9 Å². The predicted octanol–water partition coefficient (Wildman–Crippen LogP) is 4.70. The molecule has 162 valence electrons. The number of nitrogens with two attached hydrogens (primary N) is 1. The summed E-state index contributed by atoms with van der Waals surface area (Å²) < 4.78 is 25.1. The molecule has 0 spiro atoms. The van der Waals surface area contributed by atoms with Crippen LogP contribution in [0.3, 0.4) is 0 Å². The number of thiophene rings is 1. The van der Waals surface area contributed by atoms with E-state index in [1.165, 1.54) is 30.6 Å². The van der Waals surface area contributed by atoms with Gasteiger partial charge in [0.25, 0.3) is 5.91 Å². The molecule has 2 heterocycles. The zero-order chi connectivity index (χ0) is 23.0. The second-order valence-corrected chi connectivity index (χ2v) is 7.92. The minimum Gasteiger partial charge on any atom is -0.497 e. The minimum absolute atomic E-state index is 0.00427. The Hall–Kier alpha value is -3.69. The largest absolute Gasteiger partial charge is 0.497 e. The summed E-state index contributed by atoms with van der Waals surface area (Å²) >= 11 is 7.04. The topological polar surface area (TPSA) is 98.9 Å². The van der Waals surface area contributed by atoms with Crippen LogP contribution in [0.25, 0.3) is 11.3 Å². The van der Waals surface area contributed by atoms with Crippen molar-refractivity contribution in [3.8, 4) is 5.75 Å². The van der Waals surface area contributed by atoms with E-state index in [1.807, 2.05) is 0 Å². The van der Waals surface area contributed by atoms with Crippen LogP contribution in [0, 0.1) is 5.82 Å². The normalized spacial score (nSPS) is 14.2. The molecular formula is C22H14ClFN2O5S. The minimum atomic E-state index is -1.08. The molecule has 0 aliphatic carbocycles. The summed E-state index contributed by atoms with van der Waals surface area (Å²) in [6.07, 6.45) is 0. The van der Waals surface area contributed by atoms with Crippen molar-refractivity contribution in [2.24, 2.45) is 5.73 Å². The van der Waals surface area contributed by atoms with Gasteiger partial charge in [0.1, 0.15) is 11.6 Å². The Morgan fingerprint density at radius 3 is 2.59 bits per heavy atom. The Morgan fingerprint density at radius 1 is 1.16 bits per heavy atom. The van der Waals surface area contributed by atoms with E-state index in [-0.39, 0.29) is 33.2 Å². The molecule has 0 saturated heterocycles. The maximum atomic E-state index is 14.3. The van der Waals surface area contributed by atoms with Crippen LogP contribution in [-0.2, 0) is 9.53 Å². The van der Waals surface area contributed by atoms with E-state index in [0.29, 0.717) is 15.5 Å². The molecule has 0 unspecified atom stereocenters. The molecule has 32 heavy (non-hydrogen) atoms. The number of anilines is 1. The van der Waals surface area contributed by atoms with E-state index >= 15 is 0 Å². The maximum absolute atomic E-state index is 14.3. The molecule has 0 atom stereocenters. The van der Waals surface area contributed by atoms with Crippen LogP contribution < -0.4 is 15.4 Å². The molecule has 10 heteroatoms. The van der Waals surface area contributed by atoms with Crippen molar-refractivity contribution in [2.75, 3.05) is 12.0 Å². The van der Waals surface area contributed by atoms with Crippen molar-refractivity contribution < 1.29 is 28.2 Å². The summed E-state index contributed by atoms with van der Waals surface area (Å²) in [6.45, 7) is 0. The summed E-state index contributed by atoms with van der Waals surface area (Å²) in [7, 11) is 1.45. The number of carbonyl (C=O) groups excluding carboxylic acids is 3. The highest BCUT2D eigenvalue weighted by Gasteiger charge is 2.40. The van der Waals surface area contributed by atoms with Gasteiger partial charge in [0.2, 0.25) is 0 Å². The Balaban J connectivity index is 1.91. The second kappa shape index (κ2) is 8.45. The molecule has 0 fully saturated rings. The van der Waals surface area contributed by atoms with E-state index in [0.717, 1.165) is 12.1 Å². The van der Waals surface area contributed by atoms with Gasteiger partial charge in [-0.05, 0) is 41.8 Å². The number of fused-ring (bicyclic) bond motifs is 1. The van der Waals surface area contributed by atoms with Gasteiger partial charge in [-0.2, -0.15) is 0 Å². The van der Waals surface area contributed by atoms with E-state index in [1.54, 1.807) is 29.6 Å². The fourth-order valence-corrected chi connectivity index (χ4v) is 4.10. The molecule has 3 amide bonds. The number of urea groups is 1. The lowest BCUT2D eigenvalue weighted by Gasteiger charge is -2.12. The van der Waals surface area contributed by atoms with Gasteiger partial charge in [-0.15, -0.1) is 11.3 Å². The summed E-state index contributed by atoms with van der Waals surface area (Å²) in [5.41, 5.74) is 5.38. The quantitative estimate of drug-likeness (QED) is 0.337. The van der Waals surface area contributed by atoms with Crippen LogP contribution in [-0.4, -0.2) is 25.0 Å². The number of nitrogens with zero attached hydrogens (tertiary/aromatic N) is 1. The Morgan fingerprint density at radius 2 is 1.94 bits per heavy atom. The average molecular weight is 473 g/mol. The zero-order valence-corrected chi connectivity index (χ0v) is 18.0. The van der Waals surface area contributed by atoms with E-state index in [9.17, 15) is 18.8 Å². The molecule has 0 bridgehead atoms. The number of ether oxygens (including phenoxy) is 2. The van der Waals surface area contributed by atoms with Crippen molar-refractivity contribution >= 4 is 57.9 Å². The number of amides is 3. The third kappa shape index (κ3) is 3.72. The molecule has 0 saturated carbocycles. The average Bonchev–Trinajstić information content (AvgIpc) is 3.39. The van der Waals surface area contributed by atoms with Gasteiger partial charge in [-0.3, -0.25) is 4.79 Å². The number of carbonyl (C=O) groups is 3. The lowest BCUT2D eigenvalue weighted by atomic mass is 10.0. The first-order chi connectivity index (χ1) is 15.3. The number of esters is 1. The van der Waals surface area contributed by atoms with Crippen molar-refractivity contribution in [3.05, 3.63) is 80.8 Å². The SMILES string of the molecule is COc1cccc(C(=O)OC(=C2C(=O)N(C(N)=O)c3cc(Cl)c(F)cc32)c2cccs2)c1. The van der Waals surface area contributed by atoms with Gasteiger partial charge in [0.05, 0.1) is 33.8 Å². The number of hydrogen-bond donors (Lipinski definition) is 1. The number of benzene rings is 2. The standard InChI is InChI=1S/C22H14ClFN2O5S/c1-30-12-5-2-4-11(8-12)21(28)31-19(17-6-3-7-32-17)18-13-9-15(24)14(23)10-16(13)26(20(18)27)22(25)29/h2-10H,1H3,(H2,25,29). The number of halogens is 2. The fourth-order valence-electron chi connectivity index (χ4n) is 3.23. The molecular weight excluding hydrogens is 459 g/mol. The smallest absolute Gasteiger partial charge is 0.343 e. The van der Waals surface area contributed by atoms with Crippen LogP contribution >= 0.6 is 22.9 Å². The predicted molar refractivity (Wildman–Crippen MR) is 118 cm³/mol. The van der Waals surface area contributed by atoms with Crippen molar-refractivity contribution in [1.82, 2.24) is 0 Å². The second-order valence-electron chi connectivity index (χ2n) is 6.57. The van der Waals surface area contributed by atoms with E-state index in [2.05, 4.69) is 0 Å². The Labute approximate surface area is 190 Å². The molecule has 2 N–H and O–H groups in total. The van der Waals surface area contributed by atoms with Gasteiger partial charge >= 0.3 is 12.0 Å². The first-order valence-electron chi connectivity index (χ1n) is 9.09. The highest BCUT2D eigenvalue weighted by Crippen LogP contribution is 2.44. The van der Waals surface area contributed by atoms with Gasteiger partial charge in [-0.1, -0.05) is 23.7 Å². The summed E-state index contributed by atoms with van der Waals surface area (Å²) in [4.78, 5) is 39.1. The molecule has 3 aromatic rings. The van der Waals surface area contributed by atoms with Gasteiger partial charge in [0.15, 0.2) is 5.76 Å². The van der Waals surface area contributed by atoms with Crippen molar-refractivity contribution in [2.45, 2.75) is 0 Å². The summed E-state index contributed by atoms with van der Waals surface area (Å²) in [5, 5.41) is 1.42. The monoisotopic (exact) mass is 472 g/mol. The lowest BCUT2D eigenvalue weighted by molar-refractivity contribution is -0.112. The van der Waals surface area contributed by atoms with Gasteiger partial charge < -0.3 is 15.2 Å². The Kier molecular flexibility index (Phi) is 5.68. The van der Waals surface area contributed by atoms with Crippen LogP contribution in [0.4, 0.5) is 14.9 Å². The van der Waals surface area contributed by atoms with Gasteiger partial charge in [0, 0.05) is 5.56 Å². The first-order valence-corrected chi connectivity index (χ1v) is 10.3. The molecule has 1 aliphatic rings. The van der Waals surface area contributed by atoms with E-state index < -0.39 is 23.7 Å². The molecule has 1 aromatic heterocycles.